The molecule has 0 aromatic carbocycles. The van der Waals surface area contributed by atoms with Gasteiger partial charge in [-0.25, -0.2) is 15.6 Å². The lowest BCUT2D eigenvalue weighted by atomic mass is 10.2. The van der Waals surface area contributed by atoms with Gasteiger partial charge in [-0.15, -0.1) is 0 Å². The minimum absolute atomic E-state index is 0.0268. The number of hydrogen-bond acceptors (Lipinski definition) is 6. The van der Waals surface area contributed by atoms with E-state index in [1.165, 1.54) is 19.1 Å². The number of aromatic amines is 1. The Hall–Kier alpha value is -2.81. The molecule has 0 fully saturated rings. The van der Waals surface area contributed by atoms with Crippen molar-refractivity contribution in [3.8, 4) is 0 Å². The number of aromatic carboxylic acids is 1. The van der Waals surface area contributed by atoms with Crippen molar-refractivity contribution >= 4 is 17.5 Å². The standard InChI is InChI=1S/C10H14N6O3/c1-4-2-5(9(17)15-8(4)10(18)19)14-6(11)3-7(12)16-13/h2-3,16H,12-13H2,1H3,(H2,11,14)(H,15,17)(H,18,19)/b7-3-. The summed E-state index contributed by atoms with van der Waals surface area (Å²) in [6, 6.07) is 1.31. The normalized spacial score (nSPS) is 12.3. The second-order valence-electron chi connectivity index (χ2n) is 3.63. The van der Waals surface area contributed by atoms with Crippen LogP contribution in [0.4, 0.5) is 5.69 Å². The van der Waals surface area contributed by atoms with E-state index in [2.05, 4.69) is 15.4 Å². The van der Waals surface area contributed by atoms with E-state index in [0.29, 0.717) is 5.56 Å². The highest BCUT2D eigenvalue weighted by atomic mass is 16.4. The summed E-state index contributed by atoms with van der Waals surface area (Å²) in [6.45, 7) is 1.53. The Labute approximate surface area is 107 Å². The molecule has 0 spiro atoms. The van der Waals surface area contributed by atoms with Crippen LogP contribution >= 0.6 is 0 Å². The number of H-pyrrole nitrogens is 1. The third kappa shape index (κ3) is 3.57. The Morgan fingerprint density at radius 2 is 2.16 bits per heavy atom. The zero-order chi connectivity index (χ0) is 14.6. The number of carboxylic acids is 1. The number of nitrogens with two attached hydrogens (primary N) is 3. The van der Waals surface area contributed by atoms with Crippen molar-refractivity contribution in [3.63, 3.8) is 0 Å². The Kier molecular flexibility index (Phi) is 4.27. The van der Waals surface area contributed by atoms with E-state index in [-0.39, 0.29) is 23.0 Å². The first-order chi connectivity index (χ1) is 8.85. The van der Waals surface area contributed by atoms with Gasteiger partial charge in [0.1, 0.15) is 23.0 Å². The number of nitrogens with one attached hydrogen (secondary N) is 2. The van der Waals surface area contributed by atoms with Crippen molar-refractivity contribution < 1.29 is 9.90 Å². The fourth-order valence-electron chi connectivity index (χ4n) is 1.30. The first-order valence-electron chi connectivity index (χ1n) is 5.10. The molecule has 1 heterocycles. The molecule has 102 valence electrons. The summed E-state index contributed by atoms with van der Waals surface area (Å²) in [6.07, 6.45) is 1.22. The highest BCUT2D eigenvalue weighted by molar-refractivity contribution is 5.94. The molecule has 9 heteroatoms. The zero-order valence-electron chi connectivity index (χ0n) is 10.1. The van der Waals surface area contributed by atoms with Crippen LogP contribution in [0.15, 0.2) is 27.8 Å². The molecule has 0 saturated carbocycles. The van der Waals surface area contributed by atoms with Crippen molar-refractivity contribution in [1.82, 2.24) is 10.4 Å². The number of carboxylic acid groups (broad SMARTS) is 1. The van der Waals surface area contributed by atoms with Gasteiger partial charge in [-0.1, -0.05) is 0 Å². The number of pyridine rings is 1. The van der Waals surface area contributed by atoms with Gasteiger partial charge in [0.2, 0.25) is 0 Å². The maximum Gasteiger partial charge on any atom is 0.352 e. The molecule has 0 radical (unpaired) electrons. The quantitative estimate of drug-likeness (QED) is 0.169. The molecule has 0 atom stereocenters. The maximum absolute atomic E-state index is 11.6. The SMILES string of the molecule is Cc1cc(N=C(N)/C=C(/N)NN)c(=O)[nH]c1C(=O)O. The van der Waals surface area contributed by atoms with Gasteiger partial charge in [0.15, 0.2) is 0 Å². The second kappa shape index (κ2) is 5.69. The van der Waals surface area contributed by atoms with E-state index >= 15 is 0 Å². The Morgan fingerprint density at radius 3 is 2.68 bits per heavy atom. The lowest BCUT2D eigenvalue weighted by molar-refractivity contribution is 0.0689. The largest absolute Gasteiger partial charge is 0.477 e. The number of nitrogens with zero attached hydrogens (tertiary/aromatic N) is 1. The number of carbonyl (C=O) groups is 1. The zero-order valence-corrected chi connectivity index (χ0v) is 10.1. The summed E-state index contributed by atoms with van der Waals surface area (Å²) in [5.41, 5.74) is 12.5. The van der Waals surface area contributed by atoms with E-state index < -0.39 is 11.5 Å². The molecule has 0 saturated heterocycles. The number of aryl methyl sites for hydroxylation is 1. The van der Waals surface area contributed by atoms with Gasteiger partial charge < -0.3 is 27.0 Å². The topological polar surface area (TPSA) is 173 Å². The van der Waals surface area contributed by atoms with Crippen LogP contribution in [0, 0.1) is 6.92 Å². The van der Waals surface area contributed by atoms with Gasteiger partial charge in [-0.3, -0.25) is 4.79 Å². The highest BCUT2D eigenvalue weighted by Gasteiger charge is 2.10. The average molecular weight is 266 g/mol. The summed E-state index contributed by atoms with van der Waals surface area (Å²) < 4.78 is 0. The van der Waals surface area contributed by atoms with Crippen LogP contribution < -0.4 is 28.3 Å². The molecule has 0 aliphatic rings. The van der Waals surface area contributed by atoms with E-state index in [9.17, 15) is 9.59 Å². The number of hydrogen-bond donors (Lipinski definition) is 6. The molecule has 9 nitrogen and oxygen atoms in total. The van der Waals surface area contributed by atoms with Crippen molar-refractivity contribution in [1.29, 1.82) is 0 Å². The van der Waals surface area contributed by atoms with Gasteiger partial charge in [0.05, 0.1) is 0 Å². The first kappa shape index (κ1) is 14.3. The fraction of sp³-hybridized carbons (Fsp3) is 0.100. The summed E-state index contributed by atoms with van der Waals surface area (Å²) >= 11 is 0. The van der Waals surface area contributed by atoms with Crippen LogP contribution in [0.3, 0.4) is 0 Å². The van der Waals surface area contributed by atoms with Crippen molar-refractivity contribution in [2.75, 3.05) is 0 Å². The van der Waals surface area contributed by atoms with Crippen molar-refractivity contribution in [3.05, 3.63) is 39.6 Å². The molecule has 1 rings (SSSR count). The predicted octanol–water partition coefficient (Wildman–Crippen LogP) is -1.37. The second-order valence-corrected chi connectivity index (χ2v) is 3.63. The summed E-state index contributed by atoms with van der Waals surface area (Å²) in [7, 11) is 0. The molecule has 0 amide bonds. The minimum Gasteiger partial charge on any atom is -0.477 e. The molecule has 0 unspecified atom stereocenters. The van der Waals surface area contributed by atoms with E-state index in [0.717, 1.165) is 0 Å². The fourth-order valence-corrected chi connectivity index (χ4v) is 1.30. The minimum atomic E-state index is -1.23. The van der Waals surface area contributed by atoms with Crippen LogP contribution in [0.5, 0.6) is 0 Å². The monoisotopic (exact) mass is 266 g/mol. The van der Waals surface area contributed by atoms with E-state index in [1.54, 1.807) is 0 Å². The lowest BCUT2D eigenvalue weighted by Gasteiger charge is -2.02. The average Bonchev–Trinajstić information content (AvgIpc) is 2.32. The van der Waals surface area contributed by atoms with E-state index in [4.69, 9.17) is 22.4 Å². The van der Waals surface area contributed by atoms with Crippen molar-refractivity contribution in [2.24, 2.45) is 22.3 Å². The first-order valence-corrected chi connectivity index (χ1v) is 5.10. The third-order valence-electron chi connectivity index (χ3n) is 2.15. The van der Waals surface area contributed by atoms with E-state index in [1.807, 2.05) is 0 Å². The molecule has 0 aliphatic heterocycles. The third-order valence-corrected chi connectivity index (χ3v) is 2.15. The molecule has 0 bridgehead atoms. The molecule has 0 aliphatic carbocycles. The van der Waals surface area contributed by atoms with Crippen molar-refractivity contribution in [2.45, 2.75) is 6.92 Å². The smallest absolute Gasteiger partial charge is 0.352 e. The Balaban J connectivity index is 3.24. The van der Waals surface area contributed by atoms with Gasteiger partial charge in [-0.2, -0.15) is 0 Å². The van der Waals surface area contributed by atoms with Gasteiger partial charge in [0.25, 0.3) is 5.56 Å². The van der Waals surface area contributed by atoms with Gasteiger partial charge in [0, 0.05) is 6.08 Å². The lowest BCUT2D eigenvalue weighted by Crippen LogP contribution is -2.28. The Bertz CT molecular complexity index is 616. The van der Waals surface area contributed by atoms with Crippen LogP contribution in [-0.2, 0) is 0 Å². The number of aliphatic imine (C=N–C) groups is 1. The Morgan fingerprint density at radius 1 is 1.53 bits per heavy atom. The number of amidine groups is 1. The number of hydrazine groups is 1. The van der Waals surface area contributed by atoms with Crippen LogP contribution in [0.25, 0.3) is 0 Å². The van der Waals surface area contributed by atoms with Crippen LogP contribution in [0.1, 0.15) is 16.1 Å². The summed E-state index contributed by atoms with van der Waals surface area (Å²) in [5, 5.41) is 8.83. The summed E-state index contributed by atoms with van der Waals surface area (Å²) in [4.78, 5) is 28.4. The highest BCUT2D eigenvalue weighted by Crippen LogP contribution is 2.10. The predicted molar refractivity (Wildman–Crippen MR) is 69.6 cm³/mol. The molecule has 9 N–H and O–H groups in total. The number of aromatic nitrogens is 1. The summed E-state index contributed by atoms with van der Waals surface area (Å²) in [5.74, 6) is 3.82. The van der Waals surface area contributed by atoms with Crippen LogP contribution in [-0.4, -0.2) is 21.9 Å². The molecule has 1 aromatic heterocycles. The molecular weight excluding hydrogens is 252 g/mol. The van der Waals surface area contributed by atoms with Crippen LogP contribution in [0.2, 0.25) is 0 Å². The molecule has 1 aromatic rings. The van der Waals surface area contributed by atoms with Gasteiger partial charge >= 0.3 is 5.97 Å². The number of rotatable bonds is 4. The molecular formula is C10H14N6O3. The van der Waals surface area contributed by atoms with Gasteiger partial charge in [-0.05, 0) is 18.6 Å². The maximum atomic E-state index is 11.6. The molecule has 19 heavy (non-hydrogen) atoms.